The van der Waals surface area contributed by atoms with E-state index in [4.69, 9.17) is 57.8 Å². The first-order valence-electron chi connectivity index (χ1n) is 0.802. The topological polar surface area (TPSA) is 0 Å². The first-order chi connectivity index (χ1) is 2.45. The summed E-state index contributed by atoms with van der Waals surface area (Å²) in [5.74, 6) is 0. The average molecular weight is 483 g/mol. The van der Waals surface area contributed by atoms with E-state index in [1.807, 2.05) is 0 Å². The Bertz CT molecular complexity index is 69.6. The summed E-state index contributed by atoms with van der Waals surface area (Å²) in [5, 5.41) is 0. The Morgan fingerprint density at radius 2 is 0.556 bits per heavy atom. The molecule has 9 heavy (non-hydrogen) atoms. The van der Waals surface area contributed by atoms with E-state index < -0.39 is 6.64 Å². The van der Waals surface area contributed by atoms with Crippen LogP contribution in [0.4, 0.5) is 0 Å². The van der Waals surface area contributed by atoms with Crippen molar-refractivity contribution in [2.24, 2.45) is 0 Å². The molecule has 0 rings (SSSR count). The van der Waals surface area contributed by atoms with Gasteiger partial charge in [0.2, 0.25) is 0 Å². The molecule has 0 aliphatic rings. The van der Waals surface area contributed by atoms with Gasteiger partial charge < -0.3 is 0 Å². The standard InChI is InChI=1S/6ClH.2K.Os.2H/h6*1H;;;;;/q;;;;;;;;+6;;/p-6. The zero-order chi connectivity index (χ0) is 6.41. The molecule has 54 valence electrons. The maximum atomic E-state index is 5.06. The van der Waals surface area contributed by atoms with Crippen LogP contribution < -0.4 is 0 Å². The summed E-state index contributed by atoms with van der Waals surface area (Å²) >= 11 is 0. The Kier molecular flexibility index (Phi) is 11.4. The van der Waals surface area contributed by atoms with Crippen molar-refractivity contribution in [1.29, 1.82) is 0 Å². The van der Waals surface area contributed by atoms with Crippen LogP contribution >= 0.6 is 57.8 Å². The summed E-state index contributed by atoms with van der Waals surface area (Å²) in [5.41, 5.74) is 0. The molecule has 0 saturated heterocycles. The monoisotopic (exact) mass is 482 g/mol. The van der Waals surface area contributed by atoms with Crippen LogP contribution in [0.25, 0.3) is 0 Å². The predicted molar refractivity (Wildman–Crippen MR) is 49.4 cm³/mol. The Labute approximate surface area is 162 Å². The second-order valence-electron chi connectivity index (χ2n) is 0.758. The molecule has 0 heterocycles. The van der Waals surface area contributed by atoms with Gasteiger partial charge in [0.25, 0.3) is 0 Å². The summed E-state index contributed by atoms with van der Waals surface area (Å²) in [7, 11) is 30.4. The number of hydrogen-bond acceptors (Lipinski definition) is 0. The van der Waals surface area contributed by atoms with E-state index in [2.05, 4.69) is 0 Å². The molecule has 0 nitrogen and oxygen atoms in total. The predicted octanol–water partition coefficient (Wildman–Crippen LogP) is 2.84. The molecule has 0 aliphatic carbocycles. The molecule has 0 aromatic rings. The van der Waals surface area contributed by atoms with E-state index in [0.29, 0.717) is 0 Å². The van der Waals surface area contributed by atoms with Crippen LogP contribution in [0.1, 0.15) is 0 Å². The van der Waals surface area contributed by atoms with Crippen molar-refractivity contribution in [1.82, 2.24) is 0 Å². The first kappa shape index (κ1) is 20.1. The fraction of sp³-hybridized carbons (Fsp3) is 0. The van der Waals surface area contributed by atoms with Gasteiger partial charge in [-0.3, -0.25) is 0 Å². The van der Waals surface area contributed by atoms with Crippen molar-refractivity contribution < 1.29 is 6.64 Å². The Morgan fingerprint density at radius 1 is 0.556 bits per heavy atom. The van der Waals surface area contributed by atoms with Gasteiger partial charge in [0.05, 0.1) is 0 Å². The normalized spacial score (nSPS) is 18.0. The molecule has 0 aliphatic heterocycles. The molecule has 0 aromatic carbocycles. The number of hydrogen-bond donors (Lipinski definition) is 0. The fourth-order valence-electron chi connectivity index (χ4n) is 0. The van der Waals surface area contributed by atoms with Gasteiger partial charge in [-0.1, -0.05) is 0 Å². The molecular formula is H2Cl6K2Os. The summed E-state index contributed by atoms with van der Waals surface area (Å²) < 4.78 is 0. The third-order valence-corrected chi connectivity index (χ3v) is 0. The van der Waals surface area contributed by atoms with Crippen LogP contribution in [0.15, 0.2) is 0 Å². The van der Waals surface area contributed by atoms with Gasteiger partial charge in [0, 0.05) is 0 Å². The van der Waals surface area contributed by atoms with Gasteiger partial charge in [-0.2, -0.15) is 0 Å². The molecule has 0 radical (unpaired) electrons. The first-order valence-corrected chi connectivity index (χ1v) is 19.7. The molecule has 0 saturated carbocycles. The summed E-state index contributed by atoms with van der Waals surface area (Å²) in [6.07, 6.45) is 0. The molecule has 0 bridgehead atoms. The maximum absolute atomic E-state index is 5.38. The Morgan fingerprint density at radius 3 is 0.556 bits per heavy atom. The number of halogens is 6. The van der Waals surface area contributed by atoms with Crippen LogP contribution in [0.3, 0.4) is 0 Å². The van der Waals surface area contributed by atoms with Crippen molar-refractivity contribution >= 4 is 161 Å². The zero-order valence-corrected chi connectivity index (χ0v) is 9.70. The van der Waals surface area contributed by atoms with E-state index in [1.165, 1.54) is 0 Å². The molecule has 0 aromatic heterocycles. The summed E-state index contributed by atoms with van der Waals surface area (Å²) in [6.45, 7) is -5.38. The van der Waals surface area contributed by atoms with Crippen molar-refractivity contribution in [3.05, 3.63) is 0 Å². The van der Waals surface area contributed by atoms with Crippen molar-refractivity contribution in [3.63, 3.8) is 0 Å². The number of rotatable bonds is 0. The minimum absolute atomic E-state index is 0. The third kappa shape index (κ3) is 58.0. The molecule has 0 fully saturated rings. The van der Waals surface area contributed by atoms with Crippen LogP contribution in [0, 0.1) is 0 Å². The molecule has 0 unspecified atom stereocenters. The van der Waals surface area contributed by atoms with Crippen LogP contribution in [0.2, 0.25) is 0 Å². The van der Waals surface area contributed by atoms with Crippen molar-refractivity contribution in [2.45, 2.75) is 0 Å². The molecule has 0 spiro atoms. The van der Waals surface area contributed by atoms with E-state index in [-0.39, 0.29) is 103 Å². The molecule has 0 atom stereocenters. The molecule has 0 amide bonds. The van der Waals surface area contributed by atoms with E-state index in [1.54, 1.807) is 0 Å². The van der Waals surface area contributed by atoms with Crippen LogP contribution in [-0.4, -0.2) is 103 Å². The third-order valence-electron chi connectivity index (χ3n) is 0. The van der Waals surface area contributed by atoms with Crippen molar-refractivity contribution in [2.75, 3.05) is 0 Å². The molecule has 9 heteroatoms. The van der Waals surface area contributed by atoms with Gasteiger partial charge in [-0.15, -0.1) is 0 Å². The zero-order valence-electron chi connectivity index (χ0n) is 2.62. The Hall–Kier alpha value is 5.65. The summed E-state index contributed by atoms with van der Waals surface area (Å²) in [6, 6.07) is 0. The second-order valence-corrected chi connectivity index (χ2v) is 55.8. The SMILES string of the molecule is [Cl][Os]([Cl])([Cl])([Cl])([Cl])[Cl].[KH].[KH]. The van der Waals surface area contributed by atoms with Crippen molar-refractivity contribution in [3.8, 4) is 0 Å². The quantitative estimate of drug-likeness (QED) is 0.466. The van der Waals surface area contributed by atoms with E-state index in [9.17, 15) is 0 Å². The van der Waals surface area contributed by atoms with E-state index in [0.717, 1.165) is 0 Å². The summed E-state index contributed by atoms with van der Waals surface area (Å²) in [4.78, 5) is 0. The van der Waals surface area contributed by atoms with Gasteiger partial charge in [-0.25, -0.2) is 0 Å². The van der Waals surface area contributed by atoms with Crippen LogP contribution in [0.5, 0.6) is 0 Å². The van der Waals surface area contributed by atoms with E-state index >= 15 is 0 Å². The van der Waals surface area contributed by atoms with Gasteiger partial charge in [0.15, 0.2) is 0 Å². The van der Waals surface area contributed by atoms with Gasteiger partial charge in [-0.05, 0) is 0 Å². The Balaban J connectivity index is -0.000000180. The minimum atomic E-state index is -5.38. The second kappa shape index (κ2) is 5.12. The fourth-order valence-corrected chi connectivity index (χ4v) is 0. The molecule has 0 N–H and O–H groups in total. The van der Waals surface area contributed by atoms with Crippen LogP contribution in [-0.2, 0) is 6.64 Å². The van der Waals surface area contributed by atoms with Gasteiger partial charge in [0.1, 0.15) is 0 Å². The molecular weight excluding hydrogens is 481 g/mol. The average Bonchev–Trinajstić information content (AvgIpc) is 0.592. The van der Waals surface area contributed by atoms with Gasteiger partial charge >= 0.3 is 167 Å².